The average Bonchev–Trinajstić information content (AvgIpc) is 2.51. The van der Waals surface area contributed by atoms with Crippen LogP contribution in [0.1, 0.15) is 26.7 Å². The minimum absolute atomic E-state index is 0.278. The second-order valence-electron chi connectivity index (χ2n) is 3.77. The van der Waals surface area contributed by atoms with E-state index >= 15 is 0 Å². The number of nitrogens with zero attached hydrogens (tertiary/aromatic N) is 1. The summed E-state index contributed by atoms with van der Waals surface area (Å²) in [5.74, 6) is 1.18. The van der Waals surface area contributed by atoms with Crippen molar-refractivity contribution in [3.8, 4) is 0 Å². The Bertz CT molecular complexity index is 116. The van der Waals surface area contributed by atoms with Gasteiger partial charge in [0.05, 0.1) is 0 Å². The fourth-order valence-corrected chi connectivity index (χ4v) is 2.16. The van der Waals surface area contributed by atoms with Crippen molar-refractivity contribution in [3.63, 3.8) is 0 Å². The maximum absolute atomic E-state index is 8.82. The van der Waals surface area contributed by atoms with Crippen LogP contribution in [0.15, 0.2) is 0 Å². The topological polar surface area (TPSA) is 43.7 Å². The summed E-state index contributed by atoms with van der Waals surface area (Å²) in [6.45, 7) is 6.71. The lowest BCUT2D eigenvalue weighted by Gasteiger charge is -2.15. The molecule has 1 rings (SSSR count). The molecular weight excluding hydrogens is 178 g/mol. The predicted octanol–water partition coefficient (Wildman–Crippen LogP) is 0.955. The SMILES string of the molecule is CC.CN1CC(CCO)C(CCO)C1. The molecule has 1 fully saturated rings. The third-order valence-corrected chi connectivity index (χ3v) is 2.76. The van der Waals surface area contributed by atoms with Crippen molar-refractivity contribution in [2.24, 2.45) is 11.8 Å². The molecule has 0 spiro atoms. The van der Waals surface area contributed by atoms with Crippen LogP contribution in [-0.2, 0) is 0 Å². The summed E-state index contributed by atoms with van der Waals surface area (Å²) >= 11 is 0. The van der Waals surface area contributed by atoms with Crippen LogP contribution in [0.25, 0.3) is 0 Å². The van der Waals surface area contributed by atoms with Crippen molar-refractivity contribution < 1.29 is 10.2 Å². The lowest BCUT2D eigenvalue weighted by Crippen LogP contribution is -2.15. The predicted molar refractivity (Wildman–Crippen MR) is 59.2 cm³/mol. The molecular formula is C11H25NO2. The van der Waals surface area contributed by atoms with Crippen molar-refractivity contribution in [1.29, 1.82) is 0 Å². The molecule has 0 aromatic rings. The molecule has 3 heteroatoms. The van der Waals surface area contributed by atoms with Gasteiger partial charge in [-0.1, -0.05) is 13.8 Å². The quantitative estimate of drug-likeness (QED) is 0.715. The standard InChI is InChI=1S/C9H19NO2.C2H6/c1-10-6-8(2-4-11)9(7-10)3-5-12;1-2/h8-9,11-12H,2-7H2,1H3;1-2H3. The van der Waals surface area contributed by atoms with Gasteiger partial charge in [0, 0.05) is 26.3 Å². The normalized spacial score (nSPS) is 27.2. The summed E-state index contributed by atoms with van der Waals surface area (Å²) in [7, 11) is 2.10. The molecule has 0 bridgehead atoms. The molecule has 2 unspecified atom stereocenters. The molecule has 1 heterocycles. The van der Waals surface area contributed by atoms with Crippen LogP contribution in [0, 0.1) is 11.8 Å². The highest BCUT2D eigenvalue weighted by atomic mass is 16.3. The number of hydrogen-bond donors (Lipinski definition) is 2. The van der Waals surface area contributed by atoms with Gasteiger partial charge in [0.1, 0.15) is 0 Å². The van der Waals surface area contributed by atoms with E-state index in [0.717, 1.165) is 25.9 Å². The van der Waals surface area contributed by atoms with Gasteiger partial charge in [-0.3, -0.25) is 0 Å². The Balaban J connectivity index is 0.000000791. The first-order valence-corrected chi connectivity index (χ1v) is 5.68. The molecule has 1 saturated heterocycles. The Morgan fingerprint density at radius 1 is 1.00 bits per heavy atom. The van der Waals surface area contributed by atoms with Gasteiger partial charge in [0.2, 0.25) is 0 Å². The zero-order valence-electron chi connectivity index (χ0n) is 9.74. The summed E-state index contributed by atoms with van der Waals surface area (Å²) in [6.07, 6.45) is 1.77. The number of likely N-dealkylation sites (tertiary alicyclic amines) is 1. The van der Waals surface area contributed by atoms with E-state index in [1.165, 1.54) is 0 Å². The van der Waals surface area contributed by atoms with Crippen LogP contribution >= 0.6 is 0 Å². The first-order valence-electron chi connectivity index (χ1n) is 5.68. The van der Waals surface area contributed by atoms with E-state index in [-0.39, 0.29) is 13.2 Å². The zero-order chi connectivity index (χ0) is 11.0. The average molecular weight is 203 g/mol. The molecule has 0 amide bonds. The van der Waals surface area contributed by atoms with Crippen molar-refractivity contribution in [1.82, 2.24) is 4.90 Å². The number of aliphatic hydroxyl groups is 2. The Morgan fingerprint density at radius 3 is 1.64 bits per heavy atom. The molecule has 0 aromatic carbocycles. The molecule has 3 nitrogen and oxygen atoms in total. The smallest absolute Gasteiger partial charge is 0.0434 e. The molecule has 1 aliphatic rings. The summed E-state index contributed by atoms with van der Waals surface area (Å²) in [4.78, 5) is 2.28. The van der Waals surface area contributed by atoms with E-state index in [1.54, 1.807) is 0 Å². The molecule has 0 saturated carbocycles. The van der Waals surface area contributed by atoms with Gasteiger partial charge in [-0.15, -0.1) is 0 Å². The molecule has 1 aliphatic heterocycles. The first-order chi connectivity index (χ1) is 6.77. The minimum atomic E-state index is 0.278. The van der Waals surface area contributed by atoms with Crippen LogP contribution in [-0.4, -0.2) is 48.5 Å². The van der Waals surface area contributed by atoms with E-state index < -0.39 is 0 Å². The van der Waals surface area contributed by atoms with Crippen LogP contribution < -0.4 is 0 Å². The molecule has 0 aliphatic carbocycles. The van der Waals surface area contributed by atoms with Gasteiger partial charge in [-0.2, -0.15) is 0 Å². The third kappa shape index (κ3) is 4.40. The fourth-order valence-electron chi connectivity index (χ4n) is 2.16. The second kappa shape index (κ2) is 8.21. The molecule has 2 atom stereocenters. The number of rotatable bonds is 4. The van der Waals surface area contributed by atoms with E-state index in [0.29, 0.717) is 11.8 Å². The molecule has 14 heavy (non-hydrogen) atoms. The van der Waals surface area contributed by atoms with Crippen LogP contribution in [0.5, 0.6) is 0 Å². The van der Waals surface area contributed by atoms with Crippen molar-refractivity contribution in [2.45, 2.75) is 26.7 Å². The molecule has 86 valence electrons. The first kappa shape index (κ1) is 13.9. The van der Waals surface area contributed by atoms with E-state index in [2.05, 4.69) is 11.9 Å². The number of aliphatic hydroxyl groups excluding tert-OH is 2. The van der Waals surface area contributed by atoms with E-state index in [9.17, 15) is 0 Å². The fraction of sp³-hybridized carbons (Fsp3) is 1.00. The highest BCUT2D eigenvalue weighted by molar-refractivity contribution is 4.81. The lowest BCUT2D eigenvalue weighted by atomic mass is 9.91. The molecule has 0 radical (unpaired) electrons. The van der Waals surface area contributed by atoms with Gasteiger partial charge in [0.25, 0.3) is 0 Å². The maximum atomic E-state index is 8.82. The minimum Gasteiger partial charge on any atom is -0.396 e. The lowest BCUT2D eigenvalue weighted by molar-refractivity contribution is 0.210. The van der Waals surface area contributed by atoms with Crippen molar-refractivity contribution in [2.75, 3.05) is 33.4 Å². The monoisotopic (exact) mass is 203 g/mol. The van der Waals surface area contributed by atoms with Crippen molar-refractivity contribution >= 4 is 0 Å². The van der Waals surface area contributed by atoms with Gasteiger partial charge >= 0.3 is 0 Å². The van der Waals surface area contributed by atoms with Gasteiger partial charge in [0.15, 0.2) is 0 Å². The van der Waals surface area contributed by atoms with Gasteiger partial charge in [-0.05, 0) is 31.7 Å². The molecule has 2 N–H and O–H groups in total. The summed E-state index contributed by atoms with van der Waals surface area (Å²) in [5.41, 5.74) is 0. The third-order valence-electron chi connectivity index (χ3n) is 2.76. The highest BCUT2D eigenvalue weighted by Gasteiger charge is 2.29. The van der Waals surface area contributed by atoms with Gasteiger partial charge < -0.3 is 15.1 Å². The zero-order valence-corrected chi connectivity index (χ0v) is 9.74. The van der Waals surface area contributed by atoms with E-state index in [1.807, 2.05) is 13.8 Å². The number of hydrogen-bond acceptors (Lipinski definition) is 3. The maximum Gasteiger partial charge on any atom is 0.0434 e. The molecule has 0 aromatic heterocycles. The largest absolute Gasteiger partial charge is 0.396 e. The van der Waals surface area contributed by atoms with Gasteiger partial charge in [-0.25, -0.2) is 0 Å². The summed E-state index contributed by atoms with van der Waals surface area (Å²) in [5, 5.41) is 17.6. The second-order valence-corrected chi connectivity index (χ2v) is 3.77. The Kier molecular flexibility index (Phi) is 8.14. The summed E-state index contributed by atoms with van der Waals surface area (Å²) < 4.78 is 0. The van der Waals surface area contributed by atoms with Crippen LogP contribution in [0.2, 0.25) is 0 Å². The Morgan fingerprint density at radius 2 is 1.36 bits per heavy atom. The van der Waals surface area contributed by atoms with Crippen LogP contribution in [0.3, 0.4) is 0 Å². The van der Waals surface area contributed by atoms with Crippen molar-refractivity contribution in [3.05, 3.63) is 0 Å². The summed E-state index contributed by atoms with van der Waals surface area (Å²) in [6, 6.07) is 0. The van der Waals surface area contributed by atoms with Crippen LogP contribution in [0.4, 0.5) is 0 Å². The highest BCUT2D eigenvalue weighted by Crippen LogP contribution is 2.27. The Hall–Kier alpha value is -0.120. The van der Waals surface area contributed by atoms with E-state index in [4.69, 9.17) is 10.2 Å². The Labute approximate surface area is 87.7 Å².